The Labute approximate surface area is 103 Å². The molecule has 0 N–H and O–H groups in total. The molecule has 0 bridgehead atoms. The zero-order valence-corrected chi connectivity index (χ0v) is 10.9. The second-order valence-electron chi connectivity index (χ2n) is 4.95. The van der Waals surface area contributed by atoms with Gasteiger partial charge < -0.3 is 0 Å². The Morgan fingerprint density at radius 2 is 1.88 bits per heavy atom. The van der Waals surface area contributed by atoms with Gasteiger partial charge in [0.25, 0.3) is 0 Å². The number of hydrogen-bond acceptors (Lipinski definition) is 1. The number of halogens is 1. The lowest BCUT2D eigenvalue weighted by Crippen LogP contribution is -2.18. The van der Waals surface area contributed by atoms with E-state index >= 15 is 0 Å². The van der Waals surface area contributed by atoms with Gasteiger partial charge in [-0.1, -0.05) is 37.3 Å². The number of carbonyl (C=O) groups is 1. The van der Waals surface area contributed by atoms with Crippen LogP contribution in [-0.4, -0.2) is 10.7 Å². The molecule has 0 aromatic heterocycles. The predicted octanol–water partition coefficient (Wildman–Crippen LogP) is 4.16. The van der Waals surface area contributed by atoms with Gasteiger partial charge in [0.2, 0.25) is 0 Å². The van der Waals surface area contributed by atoms with Crippen LogP contribution < -0.4 is 0 Å². The van der Waals surface area contributed by atoms with Crippen LogP contribution in [0.25, 0.3) is 0 Å². The van der Waals surface area contributed by atoms with E-state index in [1.807, 2.05) is 32.0 Å². The molecular formula is C14H19ClO. The Kier molecular flexibility index (Phi) is 4.55. The van der Waals surface area contributed by atoms with Gasteiger partial charge in [-0.25, -0.2) is 0 Å². The first kappa shape index (κ1) is 13.2. The van der Waals surface area contributed by atoms with Gasteiger partial charge in [-0.2, -0.15) is 0 Å². The van der Waals surface area contributed by atoms with Crippen molar-refractivity contribution in [1.29, 1.82) is 0 Å². The summed E-state index contributed by atoms with van der Waals surface area (Å²) in [7, 11) is 0. The van der Waals surface area contributed by atoms with E-state index in [-0.39, 0.29) is 11.7 Å². The second-order valence-corrected chi connectivity index (χ2v) is 5.97. The highest BCUT2D eigenvalue weighted by Gasteiger charge is 2.20. The maximum atomic E-state index is 11.8. The van der Waals surface area contributed by atoms with Gasteiger partial charge >= 0.3 is 0 Å². The molecular weight excluding hydrogens is 220 g/mol. The maximum Gasteiger partial charge on any atom is 0.135 e. The zero-order valence-electron chi connectivity index (χ0n) is 10.2. The Morgan fingerprint density at radius 1 is 1.31 bits per heavy atom. The van der Waals surface area contributed by atoms with E-state index in [2.05, 4.69) is 19.1 Å². The van der Waals surface area contributed by atoms with E-state index in [1.165, 1.54) is 5.56 Å². The number of hydrogen-bond donors (Lipinski definition) is 0. The molecule has 0 fully saturated rings. The molecule has 0 amide bonds. The molecule has 0 radical (unpaired) electrons. The van der Waals surface area contributed by atoms with Crippen LogP contribution in [0.1, 0.15) is 45.1 Å². The zero-order chi connectivity index (χ0) is 12.2. The van der Waals surface area contributed by atoms with Crippen molar-refractivity contribution in [1.82, 2.24) is 0 Å². The van der Waals surface area contributed by atoms with E-state index in [0.717, 1.165) is 0 Å². The normalized spacial score (nSPS) is 13.5. The monoisotopic (exact) mass is 238 g/mol. The van der Waals surface area contributed by atoms with Crippen LogP contribution in [0.4, 0.5) is 0 Å². The van der Waals surface area contributed by atoms with Crippen molar-refractivity contribution in [3.63, 3.8) is 0 Å². The quantitative estimate of drug-likeness (QED) is 0.704. The molecule has 0 aliphatic heterocycles. The molecule has 16 heavy (non-hydrogen) atoms. The van der Waals surface area contributed by atoms with Crippen molar-refractivity contribution in [2.24, 2.45) is 0 Å². The third kappa shape index (κ3) is 4.80. The molecule has 0 spiro atoms. The van der Waals surface area contributed by atoms with Crippen molar-refractivity contribution < 1.29 is 4.79 Å². The fraction of sp³-hybridized carbons (Fsp3) is 0.500. The van der Waals surface area contributed by atoms with Crippen molar-refractivity contribution in [3.05, 3.63) is 35.9 Å². The van der Waals surface area contributed by atoms with E-state index in [0.29, 0.717) is 12.8 Å². The standard InChI is InChI=1S/C14H19ClO/c1-11(12-7-5-4-6-8-12)9-13(16)10-14(2,3)15/h4-8,11H,9-10H2,1-3H3. The fourth-order valence-electron chi connectivity index (χ4n) is 1.78. The van der Waals surface area contributed by atoms with Gasteiger partial charge in [0.15, 0.2) is 0 Å². The lowest BCUT2D eigenvalue weighted by atomic mass is 9.92. The molecule has 1 rings (SSSR count). The SMILES string of the molecule is CC(CC(=O)CC(C)(C)Cl)c1ccccc1. The van der Waals surface area contributed by atoms with E-state index < -0.39 is 4.87 Å². The number of rotatable bonds is 5. The Hall–Kier alpha value is -0.820. The summed E-state index contributed by atoms with van der Waals surface area (Å²) in [6, 6.07) is 10.1. The van der Waals surface area contributed by atoms with Crippen LogP contribution in [0.3, 0.4) is 0 Å². The average Bonchev–Trinajstić information content (AvgIpc) is 2.16. The molecule has 1 aromatic rings. The van der Waals surface area contributed by atoms with E-state index in [4.69, 9.17) is 11.6 Å². The topological polar surface area (TPSA) is 17.1 Å². The minimum Gasteiger partial charge on any atom is -0.300 e. The summed E-state index contributed by atoms with van der Waals surface area (Å²) in [6.07, 6.45) is 1.01. The molecule has 0 saturated carbocycles. The average molecular weight is 239 g/mol. The molecule has 2 heteroatoms. The van der Waals surface area contributed by atoms with Crippen molar-refractivity contribution in [3.8, 4) is 0 Å². The van der Waals surface area contributed by atoms with Crippen LogP contribution in [0.2, 0.25) is 0 Å². The molecule has 0 saturated heterocycles. The minimum atomic E-state index is -0.423. The first-order chi connectivity index (χ1) is 7.38. The number of ketones is 1. The molecule has 0 aliphatic carbocycles. The van der Waals surface area contributed by atoms with Crippen molar-refractivity contribution in [2.45, 2.75) is 44.4 Å². The summed E-state index contributed by atoms with van der Waals surface area (Å²) in [5, 5.41) is 0. The summed E-state index contributed by atoms with van der Waals surface area (Å²) < 4.78 is 0. The molecule has 88 valence electrons. The highest BCUT2D eigenvalue weighted by molar-refractivity contribution is 6.24. The highest BCUT2D eigenvalue weighted by Crippen LogP contribution is 2.24. The smallest absolute Gasteiger partial charge is 0.135 e. The lowest BCUT2D eigenvalue weighted by Gasteiger charge is -2.16. The summed E-state index contributed by atoms with van der Waals surface area (Å²) in [4.78, 5) is 11.3. The minimum absolute atomic E-state index is 0.233. The van der Waals surface area contributed by atoms with Gasteiger partial charge in [0, 0.05) is 17.7 Å². The molecule has 1 nitrogen and oxygen atoms in total. The number of alkyl halides is 1. The third-order valence-corrected chi connectivity index (χ3v) is 2.65. The van der Waals surface area contributed by atoms with Crippen LogP contribution in [0, 0.1) is 0 Å². The fourth-order valence-corrected chi connectivity index (χ4v) is 1.93. The van der Waals surface area contributed by atoms with Gasteiger partial charge in [0.05, 0.1) is 0 Å². The van der Waals surface area contributed by atoms with Crippen LogP contribution in [0.5, 0.6) is 0 Å². The van der Waals surface area contributed by atoms with E-state index in [1.54, 1.807) is 0 Å². The lowest BCUT2D eigenvalue weighted by molar-refractivity contribution is -0.119. The summed E-state index contributed by atoms with van der Waals surface area (Å²) in [5.41, 5.74) is 1.21. The van der Waals surface area contributed by atoms with E-state index in [9.17, 15) is 4.79 Å². The first-order valence-electron chi connectivity index (χ1n) is 5.64. The molecule has 1 unspecified atom stereocenters. The predicted molar refractivity (Wildman–Crippen MR) is 69.0 cm³/mol. The van der Waals surface area contributed by atoms with Crippen LogP contribution in [-0.2, 0) is 4.79 Å². The largest absolute Gasteiger partial charge is 0.300 e. The molecule has 1 aromatic carbocycles. The van der Waals surface area contributed by atoms with Gasteiger partial charge in [-0.3, -0.25) is 4.79 Å². The van der Waals surface area contributed by atoms with Crippen molar-refractivity contribution >= 4 is 17.4 Å². The summed E-state index contributed by atoms with van der Waals surface area (Å²) in [6.45, 7) is 5.83. The van der Waals surface area contributed by atoms with Crippen LogP contribution >= 0.6 is 11.6 Å². The second kappa shape index (κ2) is 5.49. The van der Waals surface area contributed by atoms with Gasteiger partial charge in [0.1, 0.15) is 5.78 Å². The Balaban J connectivity index is 2.52. The summed E-state index contributed by atoms with van der Waals surface area (Å²) >= 11 is 6.04. The van der Waals surface area contributed by atoms with Crippen molar-refractivity contribution in [2.75, 3.05) is 0 Å². The third-order valence-electron chi connectivity index (χ3n) is 2.52. The Morgan fingerprint density at radius 3 is 2.38 bits per heavy atom. The number of carbonyl (C=O) groups excluding carboxylic acids is 1. The highest BCUT2D eigenvalue weighted by atomic mass is 35.5. The molecule has 0 heterocycles. The summed E-state index contributed by atoms with van der Waals surface area (Å²) in [5.74, 6) is 0.504. The first-order valence-corrected chi connectivity index (χ1v) is 6.02. The molecule has 0 aliphatic rings. The number of Topliss-reactive ketones (excluding diaryl/α,β-unsaturated/α-hetero) is 1. The van der Waals surface area contributed by atoms with Gasteiger partial charge in [-0.15, -0.1) is 11.6 Å². The number of benzene rings is 1. The Bertz CT molecular complexity index is 338. The van der Waals surface area contributed by atoms with Crippen LogP contribution in [0.15, 0.2) is 30.3 Å². The molecule has 1 atom stereocenters. The van der Waals surface area contributed by atoms with Gasteiger partial charge in [-0.05, 0) is 25.3 Å². The maximum absolute atomic E-state index is 11.8.